The highest BCUT2D eigenvalue weighted by atomic mass is 16.5. The van der Waals surface area contributed by atoms with E-state index in [0.29, 0.717) is 41.0 Å². The second kappa shape index (κ2) is 6.29. The molecule has 2 aliphatic rings. The molecule has 4 heterocycles. The lowest BCUT2D eigenvalue weighted by Gasteiger charge is -2.13. The molecule has 152 valence electrons. The number of hydrogen-bond donors (Lipinski definition) is 1. The average molecular weight is 402 g/mol. The van der Waals surface area contributed by atoms with E-state index in [0.717, 1.165) is 29.8 Å². The molecule has 0 bridgehead atoms. The van der Waals surface area contributed by atoms with Crippen LogP contribution in [0.4, 0.5) is 0 Å². The van der Waals surface area contributed by atoms with Crippen molar-refractivity contribution in [1.82, 2.24) is 29.5 Å². The summed E-state index contributed by atoms with van der Waals surface area (Å²) in [5.74, 6) is 1.80. The molecule has 8 nitrogen and oxygen atoms in total. The normalized spacial score (nSPS) is 15.9. The molecule has 30 heavy (non-hydrogen) atoms. The van der Waals surface area contributed by atoms with Crippen LogP contribution in [0, 0.1) is 13.8 Å². The lowest BCUT2D eigenvalue weighted by atomic mass is 10.0. The smallest absolute Gasteiger partial charge is 0.262 e. The third kappa shape index (κ3) is 2.74. The number of fused-ring (bicyclic) bond motifs is 2. The summed E-state index contributed by atoms with van der Waals surface area (Å²) in [7, 11) is 0. The first-order chi connectivity index (χ1) is 14.6. The minimum absolute atomic E-state index is 0.224. The predicted molar refractivity (Wildman–Crippen MR) is 112 cm³/mol. The van der Waals surface area contributed by atoms with Crippen molar-refractivity contribution in [3.8, 4) is 23.1 Å². The number of nitrogens with zero attached hydrogens (tertiary/aromatic N) is 5. The molecule has 0 unspecified atom stereocenters. The summed E-state index contributed by atoms with van der Waals surface area (Å²) >= 11 is 0. The maximum atomic E-state index is 12.8. The maximum absolute atomic E-state index is 12.8. The Kier molecular flexibility index (Phi) is 3.65. The van der Waals surface area contributed by atoms with E-state index in [1.54, 1.807) is 15.6 Å². The molecule has 0 spiro atoms. The van der Waals surface area contributed by atoms with Crippen LogP contribution in [0.25, 0.3) is 28.2 Å². The minimum Gasteiger partial charge on any atom is -0.478 e. The molecule has 0 radical (unpaired) electrons. The van der Waals surface area contributed by atoms with E-state index >= 15 is 0 Å². The van der Waals surface area contributed by atoms with Gasteiger partial charge in [0.2, 0.25) is 5.88 Å². The number of ether oxygens (including phenoxy) is 1. The van der Waals surface area contributed by atoms with E-state index in [-0.39, 0.29) is 5.56 Å². The van der Waals surface area contributed by atoms with Crippen molar-refractivity contribution < 1.29 is 4.74 Å². The summed E-state index contributed by atoms with van der Waals surface area (Å²) in [6.07, 6.45) is 5.22. The Balaban J connectivity index is 1.45. The standard InChI is InChI=1S/C22H22N6O2/c1-12-8-15(14-4-5-14)9-13(2)19(12)28-11-16-20(26-28)23-21(24-22(16)29)17-10-18-27(25-17)6-3-7-30-18/h8-11,14H,3-7H2,1-2H3,(H,23,24,26,29). The molecule has 3 aromatic heterocycles. The van der Waals surface area contributed by atoms with Crippen LogP contribution in [0.15, 0.2) is 29.2 Å². The first-order valence-corrected chi connectivity index (χ1v) is 10.4. The van der Waals surface area contributed by atoms with Crippen LogP contribution >= 0.6 is 0 Å². The zero-order valence-electron chi connectivity index (χ0n) is 17.0. The van der Waals surface area contributed by atoms with E-state index in [1.165, 1.54) is 18.4 Å². The molecule has 1 fully saturated rings. The molecule has 8 heteroatoms. The Hall–Kier alpha value is -3.42. The highest BCUT2D eigenvalue weighted by Gasteiger charge is 2.25. The van der Waals surface area contributed by atoms with E-state index < -0.39 is 0 Å². The van der Waals surface area contributed by atoms with Gasteiger partial charge < -0.3 is 9.72 Å². The number of rotatable bonds is 3. The number of benzene rings is 1. The molecule has 1 aromatic carbocycles. The van der Waals surface area contributed by atoms with Gasteiger partial charge in [0.1, 0.15) is 11.1 Å². The molecular weight excluding hydrogens is 380 g/mol. The topological polar surface area (TPSA) is 90.6 Å². The van der Waals surface area contributed by atoms with Gasteiger partial charge in [0.15, 0.2) is 11.5 Å². The summed E-state index contributed by atoms with van der Waals surface area (Å²) in [5.41, 5.74) is 5.48. The van der Waals surface area contributed by atoms with Crippen molar-refractivity contribution in [1.29, 1.82) is 0 Å². The van der Waals surface area contributed by atoms with Crippen molar-refractivity contribution in [2.24, 2.45) is 0 Å². The van der Waals surface area contributed by atoms with E-state index in [4.69, 9.17) is 4.74 Å². The first-order valence-electron chi connectivity index (χ1n) is 10.4. The van der Waals surface area contributed by atoms with Gasteiger partial charge in [-0.05, 0) is 49.3 Å². The van der Waals surface area contributed by atoms with E-state index in [9.17, 15) is 4.79 Å². The van der Waals surface area contributed by atoms with Gasteiger partial charge in [-0.2, -0.15) is 5.10 Å². The van der Waals surface area contributed by atoms with Crippen LogP contribution < -0.4 is 10.3 Å². The molecule has 1 saturated carbocycles. The van der Waals surface area contributed by atoms with Crippen molar-refractivity contribution in [2.75, 3.05) is 6.61 Å². The summed E-state index contributed by atoms with van der Waals surface area (Å²) in [5, 5.41) is 9.62. The van der Waals surface area contributed by atoms with Gasteiger partial charge in [-0.25, -0.2) is 14.3 Å². The fraction of sp³-hybridized carbons (Fsp3) is 0.364. The Morgan fingerprint density at radius 3 is 2.67 bits per heavy atom. The Labute approximate surface area is 172 Å². The van der Waals surface area contributed by atoms with Crippen LogP contribution in [-0.2, 0) is 6.54 Å². The largest absolute Gasteiger partial charge is 0.478 e. The fourth-order valence-electron chi connectivity index (χ4n) is 4.34. The van der Waals surface area contributed by atoms with Crippen molar-refractivity contribution in [3.05, 3.63) is 51.4 Å². The number of aryl methyl sites for hydroxylation is 3. The molecule has 0 saturated heterocycles. The average Bonchev–Trinajstić information content (AvgIpc) is 3.34. The van der Waals surface area contributed by atoms with Crippen LogP contribution in [0.1, 0.15) is 41.9 Å². The molecular formula is C22H22N6O2. The van der Waals surface area contributed by atoms with Gasteiger partial charge in [0.25, 0.3) is 5.56 Å². The predicted octanol–water partition coefficient (Wildman–Crippen LogP) is 3.25. The molecule has 1 aliphatic heterocycles. The zero-order chi connectivity index (χ0) is 20.4. The molecule has 0 atom stereocenters. The second-order valence-electron chi connectivity index (χ2n) is 8.30. The number of hydrogen-bond acceptors (Lipinski definition) is 5. The van der Waals surface area contributed by atoms with Crippen LogP contribution in [0.2, 0.25) is 0 Å². The summed E-state index contributed by atoms with van der Waals surface area (Å²) < 4.78 is 9.20. The highest BCUT2D eigenvalue weighted by Crippen LogP contribution is 2.41. The zero-order valence-corrected chi connectivity index (χ0v) is 17.0. The Morgan fingerprint density at radius 2 is 1.93 bits per heavy atom. The molecule has 0 amide bonds. The van der Waals surface area contributed by atoms with E-state index in [2.05, 4.69) is 46.1 Å². The van der Waals surface area contributed by atoms with Crippen molar-refractivity contribution in [3.63, 3.8) is 0 Å². The molecule has 4 aromatic rings. The van der Waals surface area contributed by atoms with Gasteiger partial charge in [-0.15, -0.1) is 5.10 Å². The third-order valence-corrected chi connectivity index (χ3v) is 5.93. The molecule has 6 rings (SSSR count). The number of aromatic amines is 1. The maximum Gasteiger partial charge on any atom is 0.262 e. The highest BCUT2D eigenvalue weighted by molar-refractivity contribution is 5.75. The first kappa shape index (κ1) is 17.4. The van der Waals surface area contributed by atoms with Crippen molar-refractivity contribution >= 4 is 11.0 Å². The minimum atomic E-state index is -0.224. The lowest BCUT2D eigenvalue weighted by Crippen LogP contribution is -2.14. The second-order valence-corrected chi connectivity index (χ2v) is 8.30. The number of aromatic nitrogens is 6. The van der Waals surface area contributed by atoms with Gasteiger partial charge in [-0.3, -0.25) is 4.79 Å². The van der Waals surface area contributed by atoms with Gasteiger partial charge in [0.05, 0.1) is 12.3 Å². The lowest BCUT2D eigenvalue weighted by molar-refractivity contribution is 0.230. The van der Waals surface area contributed by atoms with Crippen LogP contribution in [0.5, 0.6) is 5.88 Å². The SMILES string of the molecule is Cc1cc(C2CC2)cc(C)c1-n1cc2c(=O)[nH]c(-c3cc4n(n3)CCCO4)nc2n1. The quantitative estimate of drug-likeness (QED) is 0.568. The molecule has 1 N–H and O–H groups in total. The summed E-state index contributed by atoms with van der Waals surface area (Å²) in [4.78, 5) is 20.2. The number of H-pyrrole nitrogens is 1. The summed E-state index contributed by atoms with van der Waals surface area (Å²) in [6, 6.07) is 6.29. The Morgan fingerprint density at radius 1 is 1.13 bits per heavy atom. The van der Waals surface area contributed by atoms with E-state index in [1.807, 2.05) is 6.07 Å². The number of nitrogens with one attached hydrogen (secondary N) is 1. The van der Waals surface area contributed by atoms with Crippen LogP contribution in [-0.4, -0.2) is 36.1 Å². The summed E-state index contributed by atoms with van der Waals surface area (Å²) in [6.45, 7) is 5.67. The Bertz CT molecular complexity index is 1310. The fourth-order valence-corrected chi connectivity index (χ4v) is 4.34. The third-order valence-electron chi connectivity index (χ3n) is 5.93. The van der Waals surface area contributed by atoms with Gasteiger partial charge in [-0.1, -0.05) is 12.1 Å². The molecule has 1 aliphatic carbocycles. The van der Waals surface area contributed by atoms with Crippen LogP contribution in [0.3, 0.4) is 0 Å². The van der Waals surface area contributed by atoms with Crippen molar-refractivity contribution in [2.45, 2.75) is 45.6 Å². The van der Waals surface area contributed by atoms with Gasteiger partial charge >= 0.3 is 0 Å². The monoisotopic (exact) mass is 402 g/mol. The van der Waals surface area contributed by atoms with Gasteiger partial charge in [0, 0.05) is 25.2 Å².